The van der Waals surface area contributed by atoms with Crippen LogP contribution in [0.4, 0.5) is 0 Å². The summed E-state index contributed by atoms with van der Waals surface area (Å²) in [5, 5.41) is 19.2. The van der Waals surface area contributed by atoms with Crippen molar-refractivity contribution in [3.63, 3.8) is 0 Å². The van der Waals surface area contributed by atoms with Crippen molar-refractivity contribution in [1.82, 2.24) is 20.3 Å². The molecule has 0 aliphatic heterocycles. The Balaban J connectivity index is 2.76. The van der Waals surface area contributed by atoms with E-state index in [2.05, 4.69) is 15.6 Å². The molecule has 0 atom stereocenters. The van der Waals surface area contributed by atoms with E-state index in [1.807, 2.05) is 13.8 Å². The molecule has 0 aromatic carbocycles. The number of rotatable bonds is 7. The van der Waals surface area contributed by atoms with Crippen molar-refractivity contribution >= 4 is 11.9 Å². The maximum Gasteiger partial charge on any atom is 0.358 e. The minimum atomic E-state index is -1.06. The van der Waals surface area contributed by atoms with Crippen LogP contribution in [0.2, 0.25) is 0 Å². The highest BCUT2D eigenvalue weighted by molar-refractivity contribution is 5.86. The van der Waals surface area contributed by atoms with Gasteiger partial charge in [-0.05, 0) is 18.8 Å². The van der Waals surface area contributed by atoms with Crippen LogP contribution in [0.15, 0.2) is 0 Å². The minimum absolute atomic E-state index is 0.00800. The Morgan fingerprint density at radius 2 is 2.11 bits per heavy atom. The number of carbonyl (C=O) groups is 2. The molecule has 1 heterocycles. The fraction of sp³-hybridized carbons (Fsp3) is 0.667. The van der Waals surface area contributed by atoms with Gasteiger partial charge in [0.05, 0.1) is 5.69 Å². The van der Waals surface area contributed by atoms with Crippen LogP contribution in [0.3, 0.4) is 0 Å². The van der Waals surface area contributed by atoms with E-state index in [0.29, 0.717) is 37.4 Å². The van der Waals surface area contributed by atoms with Crippen molar-refractivity contribution in [2.75, 3.05) is 7.05 Å². The van der Waals surface area contributed by atoms with Crippen molar-refractivity contribution < 1.29 is 14.7 Å². The molecule has 1 amide bonds. The Hall–Kier alpha value is -1.92. The van der Waals surface area contributed by atoms with Gasteiger partial charge in [-0.1, -0.05) is 19.1 Å². The van der Waals surface area contributed by atoms with Crippen molar-refractivity contribution in [2.24, 2.45) is 5.92 Å². The van der Waals surface area contributed by atoms with Crippen molar-refractivity contribution in [3.05, 3.63) is 11.4 Å². The number of hydrogen-bond donors (Lipinski definition) is 2. The van der Waals surface area contributed by atoms with E-state index in [-0.39, 0.29) is 11.6 Å². The zero-order chi connectivity index (χ0) is 14.4. The molecule has 0 aliphatic carbocycles. The van der Waals surface area contributed by atoms with Gasteiger partial charge in [-0.3, -0.25) is 4.79 Å². The molecule has 0 aliphatic rings. The van der Waals surface area contributed by atoms with Crippen LogP contribution >= 0.6 is 0 Å². The highest BCUT2D eigenvalue weighted by Crippen LogP contribution is 2.12. The summed E-state index contributed by atoms with van der Waals surface area (Å²) < 4.78 is 1.59. The van der Waals surface area contributed by atoms with Crippen molar-refractivity contribution in [2.45, 2.75) is 39.7 Å². The molecule has 0 bridgehead atoms. The first kappa shape index (κ1) is 15.1. The quantitative estimate of drug-likeness (QED) is 0.758. The largest absolute Gasteiger partial charge is 0.476 e. The Bertz CT molecular complexity index is 454. The second-order valence-corrected chi connectivity index (χ2v) is 4.79. The van der Waals surface area contributed by atoms with Gasteiger partial charge in [0, 0.05) is 20.0 Å². The molecule has 0 unspecified atom stereocenters. The fourth-order valence-corrected chi connectivity index (χ4v) is 1.78. The molecule has 1 aromatic heterocycles. The zero-order valence-electron chi connectivity index (χ0n) is 11.5. The standard InChI is InChI=1S/C12H20N4O3/c1-8(2)7-9-11(12(18)19)14-15-16(9)6-4-5-10(17)13-3/h8H,4-7H2,1-3H3,(H,13,17)(H,18,19). The number of aromatic carboxylic acids is 1. The maximum atomic E-state index is 11.1. The molecule has 7 nitrogen and oxygen atoms in total. The van der Waals surface area contributed by atoms with Gasteiger partial charge in [0.25, 0.3) is 0 Å². The van der Waals surface area contributed by atoms with E-state index in [9.17, 15) is 9.59 Å². The van der Waals surface area contributed by atoms with Crippen molar-refractivity contribution in [1.29, 1.82) is 0 Å². The van der Waals surface area contributed by atoms with E-state index >= 15 is 0 Å². The van der Waals surface area contributed by atoms with Gasteiger partial charge in [0.15, 0.2) is 5.69 Å². The predicted molar refractivity (Wildman–Crippen MR) is 68.8 cm³/mol. The highest BCUT2D eigenvalue weighted by atomic mass is 16.4. The molecule has 1 rings (SSSR count). The van der Waals surface area contributed by atoms with Crippen LogP contribution < -0.4 is 5.32 Å². The Kier molecular flexibility index (Phi) is 5.47. The summed E-state index contributed by atoms with van der Waals surface area (Å²) in [4.78, 5) is 22.2. The summed E-state index contributed by atoms with van der Waals surface area (Å²) in [5.41, 5.74) is 0.632. The Morgan fingerprint density at radius 1 is 1.42 bits per heavy atom. The number of carboxylic acids is 1. The summed E-state index contributed by atoms with van der Waals surface area (Å²) in [6.07, 6.45) is 1.60. The van der Waals surface area contributed by atoms with Crippen molar-refractivity contribution in [3.8, 4) is 0 Å². The van der Waals surface area contributed by atoms with Gasteiger partial charge in [-0.2, -0.15) is 0 Å². The van der Waals surface area contributed by atoms with Gasteiger partial charge in [-0.15, -0.1) is 5.10 Å². The average molecular weight is 268 g/mol. The Labute approximate surface area is 112 Å². The molecule has 106 valence electrons. The van der Waals surface area contributed by atoms with Crippen LogP contribution in [0, 0.1) is 5.92 Å². The molecule has 0 saturated heterocycles. The van der Waals surface area contributed by atoms with Gasteiger partial charge in [-0.25, -0.2) is 9.48 Å². The molecule has 0 fully saturated rings. The van der Waals surface area contributed by atoms with Gasteiger partial charge in [0.1, 0.15) is 0 Å². The molecule has 0 spiro atoms. The van der Waals surface area contributed by atoms with Crippen LogP contribution in [0.1, 0.15) is 42.9 Å². The first-order chi connectivity index (χ1) is 8.95. The summed E-state index contributed by atoms with van der Waals surface area (Å²) in [6.45, 7) is 4.51. The monoisotopic (exact) mass is 268 g/mol. The number of aryl methyl sites for hydroxylation is 1. The number of aromatic nitrogens is 3. The Morgan fingerprint density at radius 3 is 2.63 bits per heavy atom. The third-order valence-corrected chi connectivity index (χ3v) is 2.69. The van der Waals surface area contributed by atoms with E-state index < -0.39 is 5.97 Å². The highest BCUT2D eigenvalue weighted by Gasteiger charge is 2.19. The van der Waals surface area contributed by atoms with E-state index in [1.165, 1.54) is 0 Å². The summed E-state index contributed by atoms with van der Waals surface area (Å²) in [6, 6.07) is 0. The SMILES string of the molecule is CNC(=O)CCCn1nnc(C(=O)O)c1CC(C)C. The van der Waals surface area contributed by atoms with Crippen LogP contribution in [0.25, 0.3) is 0 Å². The lowest BCUT2D eigenvalue weighted by Gasteiger charge is -2.08. The summed E-state index contributed by atoms with van der Waals surface area (Å²) in [7, 11) is 1.59. The minimum Gasteiger partial charge on any atom is -0.476 e. The number of nitrogens with one attached hydrogen (secondary N) is 1. The number of amides is 1. The normalized spacial score (nSPS) is 10.7. The second-order valence-electron chi connectivity index (χ2n) is 4.79. The first-order valence-electron chi connectivity index (χ1n) is 6.32. The lowest BCUT2D eigenvalue weighted by Crippen LogP contribution is -2.18. The van der Waals surface area contributed by atoms with E-state index in [4.69, 9.17) is 5.11 Å². The molecule has 0 radical (unpaired) electrons. The molecular weight excluding hydrogens is 248 g/mol. The van der Waals surface area contributed by atoms with Gasteiger partial charge >= 0.3 is 5.97 Å². The average Bonchev–Trinajstić information content (AvgIpc) is 2.71. The second kappa shape index (κ2) is 6.86. The first-order valence-corrected chi connectivity index (χ1v) is 6.32. The van der Waals surface area contributed by atoms with Gasteiger partial charge in [0.2, 0.25) is 5.91 Å². The third kappa shape index (κ3) is 4.35. The molecule has 1 aromatic rings. The van der Waals surface area contributed by atoms with Crippen LogP contribution in [-0.4, -0.2) is 39.0 Å². The maximum absolute atomic E-state index is 11.1. The van der Waals surface area contributed by atoms with E-state index in [0.717, 1.165) is 0 Å². The van der Waals surface area contributed by atoms with Crippen LogP contribution in [0.5, 0.6) is 0 Å². The predicted octanol–water partition coefficient (Wildman–Crippen LogP) is 0.701. The number of carboxylic acid groups (broad SMARTS) is 1. The molecule has 0 saturated carbocycles. The van der Waals surface area contributed by atoms with E-state index in [1.54, 1.807) is 11.7 Å². The topological polar surface area (TPSA) is 97.1 Å². The molecular formula is C12H20N4O3. The fourth-order valence-electron chi connectivity index (χ4n) is 1.78. The number of carbonyl (C=O) groups excluding carboxylic acids is 1. The lowest BCUT2D eigenvalue weighted by molar-refractivity contribution is -0.120. The zero-order valence-corrected chi connectivity index (χ0v) is 11.5. The smallest absolute Gasteiger partial charge is 0.358 e. The molecule has 7 heteroatoms. The van der Waals surface area contributed by atoms with Gasteiger partial charge < -0.3 is 10.4 Å². The summed E-state index contributed by atoms with van der Waals surface area (Å²) in [5.74, 6) is -0.786. The molecule has 19 heavy (non-hydrogen) atoms. The summed E-state index contributed by atoms with van der Waals surface area (Å²) >= 11 is 0. The molecule has 2 N–H and O–H groups in total. The number of nitrogens with zero attached hydrogens (tertiary/aromatic N) is 3. The number of hydrogen-bond acceptors (Lipinski definition) is 4. The third-order valence-electron chi connectivity index (χ3n) is 2.69. The van der Waals surface area contributed by atoms with Crippen LogP contribution in [-0.2, 0) is 17.8 Å². The lowest BCUT2D eigenvalue weighted by atomic mass is 10.1.